The summed E-state index contributed by atoms with van der Waals surface area (Å²) >= 11 is 0. The van der Waals surface area contributed by atoms with Gasteiger partial charge in [-0.05, 0) is 24.0 Å². The highest BCUT2D eigenvalue weighted by Gasteiger charge is 2.86. The lowest BCUT2D eigenvalue weighted by Crippen LogP contribution is -2.63. The molecule has 0 N–H and O–H groups in total. The van der Waals surface area contributed by atoms with E-state index in [1.54, 1.807) is 13.8 Å². The Morgan fingerprint density at radius 1 is 0.960 bits per heavy atom. The molecule has 1 aliphatic carbocycles. The van der Waals surface area contributed by atoms with Gasteiger partial charge in [-0.3, -0.25) is 0 Å². The second kappa shape index (κ2) is 5.81. The molecule has 0 aromatic heterocycles. The number of alkyl halides is 9. The highest BCUT2D eigenvalue weighted by molar-refractivity contribution is 7.88. The second-order valence-corrected chi connectivity index (χ2v) is 7.42. The number of allylic oxidation sites excluding steroid dienone is 3. The number of hydrogen-bond donors (Lipinski definition) is 0. The number of rotatable bonds is 5. The van der Waals surface area contributed by atoms with Gasteiger partial charge in [-0.1, -0.05) is 19.9 Å². The van der Waals surface area contributed by atoms with Crippen molar-refractivity contribution in [2.24, 2.45) is 5.41 Å². The van der Waals surface area contributed by atoms with Gasteiger partial charge in [0, 0.05) is 0 Å². The molecule has 0 aromatic carbocycles. The van der Waals surface area contributed by atoms with Crippen LogP contribution in [0.5, 0.6) is 0 Å². The van der Waals surface area contributed by atoms with Gasteiger partial charge in [0.25, 0.3) is 0 Å². The fourth-order valence-electron chi connectivity index (χ4n) is 1.57. The zero-order valence-corrected chi connectivity index (χ0v) is 13.3. The molecule has 25 heavy (non-hydrogen) atoms. The molecule has 0 bridgehead atoms. The van der Waals surface area contributed by atoms with Crippen LogP contribution in [0.1, 0.15) is 20.3 Å². The van der Waals surface area contributed by atoms with Crippen molar-refractivity contribution in [1.29, 1.82) is 0 Å². The Kier molecular flexibility index (Phi) is 5.03. The van der Waals surface area contributed by atoms with Gasteiger partial charge in [-0.15, -0.1) is 0 Å². The minimum Gasteiger partial charge on any atom is -0.378 e. The quantitative estimate of drug-likeness (QED) is 0.494. The van der Waals surface area contributed by atoms with E-state index in [0.29, 0.717) is 0 Å². The first-order valence-corrected chi connectivity index (χ1v) is 7.73. The van der Waals surface area contributed by atoms with Crippen molar-refractivity contribution in [2.75, 3.05) is 0 Å². The molecule has 0 radical (unpaired) electrons. The Hall–Kier alpha value is -1.40. The normalized spacial score (nSPS) is 19.6. The Labute approximate surface area is 136 Å². The lowest BCUT2D eigenvalue weighted by Gasteiger charge is -2.32. The molecule has 0 saturated carbocycles. The van der Waals surface area contributed by atoms with Gasteiger partial charge in [-0.2, -0.15) is 47.9 Å². The first-order chi connectivity index (χ1) is 10.8. The van der Waals surface area contributed by atoms with Gasteiger partial charge in [-0.25, -0.2) is 0 Å². The van der Waals surface area contributed by atoms with E-state index >= 15 is 0 Å². The molecule has 0 atom stereocenters. The van der Waals surface area contributed by atoms with Crippen LogP contribution in [0, 0.1) is 5.41 Å². The number of halogens is 9. The molecule has 0 aliphatic heterocycles. The Bertz CT molecular complexity index is 687. The molecule has 0 amide bonds. The van der Waals surface area contributed by atoms with Crippen LogP contribution < -0.4 is 0 Å². The van der Waals surface area contributed by atoms with Crippen molar-refractivity contribution in [2.45, 2.75) is 43.5 Å². The van der Waals surface area contributed by atoms with Crippen LogP contribution >= 0.6 is 0 Å². The maximum absolute atomic E-state index is 13.4. The zero-order chi connectivity index (χ0) is 20.1. The van der Waals surface area contributed by atoms with Gasteiger partial charge in [0.2, 0.25) is 0 Å². The van der Waals surface area contributed by atoms with Gasteiger partial charge in [0.1, 0.15) is 5.76 Å². The van der Waals surface area contributed by atoms with Gasteiger partial charge < -0.3 is 4.18 Å². The van der Waals surface area contributed by atoms with Crippen LogP contribution in [0.4, 0.5) is 39.5 Å². The van der Waals surface area contributed by atoms with Crippen molar-refractivity contribution in [3.8, 4) is 0 Å². The molecule has 0 fully saturated rings. The third-order valence-electron chi connectivity index (χ3n) is 3.16. The van der Waals surface area contributed by atoms with Crippen molar-refractivity contribution < 1.29 is 52.1 Å². The fraction of sp³-hybridized carbons (Fsp3) is 0.667. The van der Waals surface area contributed by atoms with Gasteiger partial charge in [0.05, 0.1) is 0 Å². The highest BCUT2D eigenvalue weighted by Crippen LogP contribution is 2.55. The standard InChI is InChI=1S/C12H11F9O3S/c1-8(2)5-3-7(4-6-8)24-25(22,23)12(20,21)10(15,16)9(13,14)11(17,18)19/h3-5H,6H2,1-2H3. The molecule has 13 heteroatoms. The fourth-order valence-corrected chi connectivity index (χ4v) is 2.49. The molecule has 146 valence electrons. The Balaban J connectivity index is 3.24. The van der Waals surface area contributed by atoms with Crippen molar-refractivity contribution in [1.82, 2.24) is 0 Å². The molecular formula is C12H11F9O3S. The summed E-state index contributed by atoms with van der Waals surface area (Å²) in [5.74, 6) is -15.5. The molecule has 0 spiro atoms. The van der Waals surface area contributed by atoms with E-state index in [1.165, 1.54) is 6.08 Å². The summed E-state index contributed by atoms with van der Waals surface area (Å²) in [4.78, 5) is 0. The van der Waals surface area contributed by atoms with Crippen LogP contribution in [0.3, 0.4) is 0 Å². The van der Waals surface area contributed by atoms with Crippen LogP contribution in [-0.2, 0) is 14.3 Å². The zero-order valence-electron chi connectivity index (χ0n) is 12.5. The average molecular weight is 406 g/mol. The smallest absolute Gasteiger partial charge is 0.378 e. The average Bonchev–Trinajstić information content (AvgIpc) is 2.39. The van der Waals surface area contributed by atoms with Crippen molar-refractivity contribution in [3.05, 3.63) is 24.0 Å². The molecule has 1 rings (SSSR count). The van der Waals surface area contributed by atoms with Crippen LogP contribution in [0.25, 0.3) is 0 Å². The van der Waals surface area contributed by atoms with E-state index < -0.39 is 44.6 Å². The van der Waals surface area contributed by atoms with Crippen LogP contribution in [-0.4, -0.2) is 31.7 Å². The molecule has 0 saturated heterocycles. The van der Waals surface area contributed by atoms with Crippen LogP contribution in [0.2, 0.25) is 0 Å². The van der Waals surface area contributed by atoms with E-state index in [0.717, 1.165) is 12.2 Å². The van der Waals surface area contributed by atoms with Crippen molar-refractivity contribution >= 4 is 10.1 Å². The lowest BCUT2D eigenvalue weighted by molar-refractivity contribution is -0.382. The topological polar surface area (TPSA) is 43.4 Å². The Morgan fingerprint density at radius 2 is 1.44 bits per heavy atom. The highest BCUT2D eigenvalue weighted by atomic mass is 32.2. The number of hydrogen-bond acceptors (Lipinski definition) is 3. The predicted octanol–water partition coefficient (Wildman–Crippen LogP) is 4.63. The van der Waals surface area contributed by atoms with E-state index in [-0.39, 0.29) is 6.42 Å². The summed E-state index contributed by atoms with van der Waals surface area (Å²) in [6.07, 6.45) is -4.19. The van der Waals surface area contributed by atoms with Gasteiger partial charge >= 0.3 is 33.4 Å². The van der Waals surface area contributed by atoms with E-state index in [2.05, 4.69) is 4.18 Å². The second-order valence-electron chi connectivity index (χ2n) is 5.83. The maximum Gasteiger partial charge on any atom is 0.460 e. The lowest BCUT2D eigenvalue weighted by atomic mass is 9.86. The van der Waals surface area contributed by atoms with Gasteiger partial charge in [0.15, 0.2) is 0 Å². The predicted molar refractivity (Wildman–Crippen MR) is 66.5 cm³/mol. The molecule has 1 aliphatic rings. The van der Waals surface area contributed by atoms with E-state index in [9.17, 15) is 47.9 Å². The maximum atomic E-state index is 13.4. The summed E-state index contributed by atoms with van der Waals surface area (Å²) in [6, 6.07) is 0. The molecule has 3 nitrogen and oxygen atoms in total. The van der Waals surface area contributed by atoms with Crippen LogP contribution in [0.15, 0.2) is 24.0 Å². The van der Waals surface area contributed by atoms with Crippen molar-refractivity contribution in [3.63, 3.8) is 0 Å². The summed E-state index contributed by atoms with van der Waals surface area (Å²) in [5.41, 5.74) is -0.563. The largest absolute Gasteiger partial charge is 0.460 e. The molecule has 0 heterocycles. The summed E-state index contributed by atoms with van der Waals surface area (Å²) in [6.45, 7) is 3.25. The Morgan fingerprint density at radius 3 is 1.80 bits per heavy atom. The first-order valence-electron chi connectivity index (χ1n) is 6.32. The first kappa shape index (κ1) is 21.6. The minimum absolute atomic E-state index is 0.00896. The molecule has 0 aromatic rings. The minimum atomic E-state index is -7.32. The monoisotopic (exact) mass is 406 g/mol. The van der Waals surface area contributed by atoms with E-state index in [4.69, 9.17) is 0 Å². The van der Waals surface area contributed by atoms with E-state index in [1.807, 2.05) is 0 Å². The SMILES string of the molecule is CC1(C)C=CC(OS(=O)(=O)C(F)(F)C(F)(F)C(F)(F)C(F)(F)F)=CC1. The molecular weight excluding hydrogens is 395 g/mol. The summed E-state index contributed by atoms with van der Waals surface area (Å²) in [5, 5.41) is -6.86. The summed E-state index contributed by atoms with van der Waals surface area (Å²) < 4.78 is 141. The summed E-state index contributed by atoms with van der Waals surface area (Å²) in [7, 11) is -6.88. The third kappa shape index (κ3) is 3.60. The third-order valence-corrected chi connectivity index (χ3v) is 4.46. The molecule has 0 unspecified atom stereocenters.